The summed E-state index contributed by atoms with van der Waals surface area (Å²) in [5.74, 6) is 2.23. The molecule has 2 N–H and O–H groups in total. The number of benzene rings is 2. The summed E-state index contributed by atoms with van der Waals surface area (Å²) in [5, 5.41) is 6.08. The molecule has 0 aliphatic carbocycles. The quantitative estimate of drug-likeness (QED) is 0.641. The van der Waals surface area contributed by atoms with E-state index in [2.05, 4.69) is 20.6 Å². The Hall–Kier alpha value is -3.61. The number of carbonyl (C=O) groups excluding carboxylic acids is 1. The molecule has 0 spiro atoms. The van der Waals surface area contributed by atoms with Crippen molar-refractivity contribution in [3.63, 3.8) is 0 Å². The summed E-state index contributed by atoms with van der Waals surface area (Å²) >= 11 is 0. The van der Waals surface area contributed by atoms with Gasteiger partial charge in [-0.05, 0) is 56.3 Å². The molecule has 0 radical (unpaired) electrons. The van der Waals surface area contributed by atoms with Gasteiger partial charge in [-0.15, -0.1) is 0 Å². The van der Waals surface area contributed by atoms with Crippen LogP contribution in [-0.2, 0) is 0 Å². The Kier molecular flexibility index (Phi) is 6.06. The molecule has 3 aromatic rings. The van der Waals surface area contributed by atoms with Crippen LogP contribution in [0.25, 0.3) is 0 Å². The molecule has 7 heteroatoms. The first kappa shape index (κ1) is 19.2. The van der Waals surface area contributed by atoms with Gasteiger partial charge in [0.15, 0.2) is 0 Å². The van der Waals surface area contributed by atoms with Crippen LogP contribution in [0.3, 0.4) is 0 Å². The number of nitrogens with zero attached hydrogens (tertiary/aromatic N) is 2. The van der Waals surface area contributed by atoms with Crippen LogP contribution < -0.4 is 20.1 Å². The van der Waals surface area contributed by atoms with E-state index in [9.17, 15) is 4.79 Å². The van der Waals surface area contributed by atoms with Crippen LogP contribution >= 0.6 is 0 Å². The molecule has 0 fully saturated rings. The van der Waals surface area contributed by atoms with Crippen LogP contribution in [0.1, 0.15) is 23.1 Å². The molecule has 0 unspecified atom stereocenters. The fraction of sp³-hybridized carbons (Fsp3) is 0.190. The second-order valence-electron chi connectivity index (χ2n) is 5.96. The van der Waals surface area contributed by atoms with E-state index in [1.54, 1.807) is 37.4 Å². The molecule has 1 aromatic heterocycles. The number of carbonyl (C=O) groups is 1. The van der Waals surface area contributed by atoms with Crippen molar-refractivity contribution in [2.45, 2.75) is 13.8 Å². The molecule has 3 rings (SSSR count). The van der Waals surface area contributed by atoms with Crippen molar-refractivity contribution in [1.82, 2.24) is 9.97 Å². The van der Waals surface area contributed by atoms with Gasteiger partial charge in [0, 0.05) is 23.0 Å². The molecular weight excluding hydrogens is 356 g/mol. The third-order valence-electron chi connectivity index (χ3n) is 3.85. The molecule has 144 valence electrons. The second kappa shape index (κ2) is 8.85. The maximum Gasteiger partial charge on any atom is 0.255 e. The van der Waals surface area contributed by atoms with Gasteiger partial charge in [-0.3, -0.25) is 4.79 Å². The Morgan fingerprint density at radius 3 is 2.50 bits per heavy atom. The highest BCUT2D eigenvalue weighted by molar-refractivity contribution is 6.04. The van der Waals surface area contributed by atoms with E-state index in [-0.39, 0.29) is 5.91 Å². The summed E-state index contributed by atoms with van der Waals surface area (Å²) in [7, 11) is 1.57. The smallest absolute Gasteiger partial charge is 0.255 e. The number of aryl methyl sites for hydroxylation is 1. The number of amides is 1. The molecule has 0 saturated heterocycles. The van der Waals surface area contributed by atoms with Crippen LogP contribution in [0.2, 0.25) is 0 Å². The van der Waals surface area contributed by atoms with Gasteiger partial charge in [-0.25, -0.2) is 4.98 Å². The number of aromatic nitrogens is 2. The van der Waals surface area contributed by atoms with Crippen molar-refractivity contribution in [3.05, 3.63) is 66.0 Å². The van der Waals surface area contributed by atoms with E-state index in [0.29, 0.717) is 41.1 Å². The second-order valence-corrected chi connectivity index (χ2v) is 5.96. The molecule has 1 heterocycles. The molecule has 0 aliphatic heterocycles. The highest BCUT2D eigenvalue weighted by Gasteiger charge is 2.08. The number of nitrogens with one attached hydrogen (secondary N) is 2. The monoisotopic (exact) mass is 378 g/mol. The molecule has 1 amide bonds. The zero-order valence-corrected chi connectivity index (χ0v) is 16.0. The van der Waals surface area contributed by atoms with E-state index in [1.165, 1.54) is 0 Å². The fourth-order valence-corrected chi connectivity index (χ4v) is 2.58. The summed E-state index contributed by atoms with van der Waals surface area (Å²) in [6.45, 7) is 4.26. The van der Waals surface area contributed by atoms with Crippen molar-refractivity contribution in [2.75, 3.05) is 24.4 Å². The predicted molar refractivity (Wildman–Crippen MR) is 109 cm³/mol. The van der Waals surface area contributed by atoms with Gasteiger partial charge in [0.2, 0.25) is 5.88 Å². The molecule has 0 atom stereocenters. The molecule has 7 nitrogen and oxygen atoms in total. The van der Waals surface area contributed by atoms with E-state index >= 15 is 0 Å². The summed E-state index contributed by atoms with van der Waals surface area (Å²) in [6.07, 6.45) is 0. The number of hydrogen-bond donors (Lipinski definition) is 2. The number of methoxy groups -OCH3 is 1. The minimum atomic E-state index is -0.201. The normalized spacial score (nSPS) is 10.2. The van der Waals surface area contributed by atoms with Gasteiger partial charge in [-0.1, -0.05) is 6.07 Å². The minimum absolute atomic E-state index is 0.201. The molecule has 0 saturated carbocycles. The van der Waals surface area contributed by atoms with E-state index in [1.807, 2.05) is 38.1 Å². The average molecular weight is 378 g/mol. The largest absolute Gasteiger partial charge is 0.497 e. The van der Waals surface area contributed by atoms with Crippen LogP contribution in [0, 0.1) is 6.92 Å². The van der Waals surface area contributed by atoms with Crippen LogP contribution in [-0.4, -0.2) is 29.6 Å². The van der Waals surface area contributed by atoms with Crippen LogP contribution in [0.4, 0.5) is 17.2 Å². The molecule has 0 bridgehead atoms. The van der Waals surface area contributed by atoms with E-state index in [4.69, 9.17) is 9.47 Å². The van der Waals surface area contributed by atoms with Crippen molar-refractivity contribution < 1.29 is 14.3 Å². The first-order valence-electron chi connectivity index (χ1n) is 8.88. The number of rotatable bonds is 7. The SMILES string of the molecule is CCOc1cc(Nc2ccc(NC(=O)c3cccc(OC)c3)cc2)nc(C)n1. The van der Waals surface area contributed by atoms with Gasteiger partial charge in [0.25, 0.3) is 5.91 Å². The highest BCUT2D eigenvalue weighted by Crippen LogP contribution is 2.21. The first-order chi connectivity index (χ1) is 13.6. The standard InChI is InChI=1S/C21H22N4O3/c1-4-28-20-13-19(22-14(2)23-20)24-16-8-10-17(11-9-16)25-21(26)15-6-5-7-18(12-15)27-3/h5-13H,4H2,1-3H3,(H,25,26)(H,22,23,24). The van der Waals surface area contributed by atoms with Gasteiger partial charge >= 0.3 is 0 Å². The topological polar surface area (TPSA) is 85.4 Å². The van der Waals surface area contributed by atoms with Gasteiger partial charge in [0.05, 0.1) is 13.7 Å². The van der Waals surface area contributed by atoms with Gasteiger partial charge in [-0.2, -0.15) is 4.98 Å². The van der Waals surface area contributed by atoms with Crippen LogP contribution in [0.15, 0.2) is 54.6 Å². The Morgan fingerprint density at radius 1 is 1.04 bits per heavy atom. The average Bonchev–Trinajstić information content (AvgIpc) is 2.69. The number of anilines is 3. The first-order valence-corrected chi connectivity index (χ1v) is 8.88. The third kappa shape index (κ3) is 4.97. The highest BCUT2D eigenvalue weighted by atomic mass is 16.5. The summed E-state index contributed by atoms with van der Waals surface area (Å²) in [4.78, 5) is 21.0. The maximum absolute atomic E-state index is 12.4. The molecular formula is C21H22N4O3. The van der Waals surface area contributed by atoms with Crippen molar-refractivity contribution >= 4 is 23.1 Å². The van der Waals surface area contributed by atoms with E-state index in [0.717, 1.165) is 5.69 Å². The zero-order chi connectivity index (χ0) is 19.9. The maximum atomic E-state index is 12.4. The summed E-state index contributed by atoms with van der Waals surface area (Å²) in [5.41, 5.74) is 2.05. The lowest BCUT2D eigenvalue weighted by Crippen LogP contribution is -2.11. The Bertz CT molecular complexity index is 958. The summed E-state index contributed by atoms with van der Waals surface area (Å²) < 4.78 is 10.6. The summed E-state index contributed by atoms with van der Waals surface area (Å²) in [6, 6.07) is 16.1. The Balaban J connectivity index is 1.67. The van der Waals surface area contributed by atoms with Crippen molar-refractivity contribution in [3.8, 4) is 11.6 Å². The molecule has 28 heavy (non-hydrogen) atoms. The fourth-order valence-electron chi connectivity index (χ4n) is 2.58. The zero-order valence-electron chi connectivity index (χ0n) is 16.0. The lowest BCUT2D eigenvalue weighted by Gasteiger charge is -2.10. The Morgan fingerprint density at radius 2 is 1.79 bits per heavy atom. The lowest BCUT2D eigenvalue weighted by molar-refractivity contribution is 0.102. The molecule has 0 aliphatic rings. The van der Waals surface area contributed by atoms with Gasteiger partial charge < -0.3 is 20.1 Å². The van der Waals surface area contributed by atoms with Crippen LogP contribution in [0.5, 0.6) is 11.6 Å². The Labute approximate surface area is 163 Å². The van der Waals surface area contributed by atoms with Crippen molar-refractivity contribution in [2.24, 2.45) is 0 Å². The lowest BCUT2D eigenvalue weighted by atomic mass is 10.2. The minimum Gasteiger partial charge on any atom is -0.497 e. The van der Waals surface area contributed by atoms with Crippen molar-refractivity contribution in [1.29, 1.82) is 0 Å². The number of hydrogen-bond acceptors (Lipinski definition) is 6. The van der Waals surface area contributed by atoms with E-state index < -0.39 is 0 Å². The third-order valence-corrected chi connectivity index (χ3v) is 3.85. The number of ether oxygens (including phenoxy) is 2. The van der Waals surface area contributed by atoms with Gasteiger partial charge in [0.1, 0.15) is 17.4 Å². The predicted octanol–water partition coefficient (Wildman–Crippen LogP) is 4.19. The molecule has 2 aromatic carbocycles.